The Kier molecular flexibility index (Phi) is 5.55. The van der Waals surface area contributed by atoms with Crippen molar-refractivity contribution >= 4 is 44.9 Å². The Morgan fingerprint density at radius 3 is 2.83 bits per heavy atom. The largest absolute Gasteiger partial charge is 0.495 e. The van der Waals surface area contributed by atoms with Crippen LogP contribution in [0, 0.1) is 13.8 Å². The third kappa shape index (κ3) is 4.13. The molecule has 6 nitrogen and oxygen atoms in total. The zero-order valence-corrected chi connectivity index (χ0v) is 17.8. The van der Waals surface area contributed by atoms with Crippen molar-refractivity contribution in [1.82, 2.24) is 10.2 Å². The maximum absolute atomic E-state index is 12.0. The van der Waals surface area contributed by atoms with Gasteiger partial charge in [-0.05, 0) is 42.7 Å². The second-order valence-corrected chi connectivity index (χ2v) is 8.66. The zero-order valence-electron chi connectivity index (χ0n) is 16.2. The molecule has 0 unspecified atom stereocenters. The van der Waals surface area contributed by atoms with Crippen LogP contribution < -0.4 is 15.7 Å². The van der Waals surface area contributed by atoms with Crippen molar-refractivity contribution in [3.63, 3.8) is 0 Å². The van der Waals surface area contributed by atoms with Crippen molar-refractivity contribution < 1.29 is 9.15 Å². The van der Waals surface area contributed by atoms with E-state index in [2.05, 4.69) is 15.5 Å². The number of ether oxygens (including phenoxy) is 1. The Hall–Kier alpha value is -2.84. The lowest BCUT2D eigenvalue weighted by Crippen LogP contribution is -2.01. The monoisotopic (exact) mass is 425 g/mol. The molecule has 0 saturated heterocycles. The molecule has 2 aromatic carbocycles. The molecule has 0 bridgehead atoms. The molecule has 8 heteroatoms. The highest BCUT2D eigenvalue weighted by atomic mass is 32.2. The lowest BCUT2D eigenvalue weighted by molar-refractivity contribution is 0.417. The Morgan fingerprint density at radius 2 is 2.00 bits per heavy atom. The van der Waals surface area contributed by atoms with E-state index < -0.39 is 0 Å². The van der Waals surface area contributed by atoms with Crippen molar-refractivity contribution in [2.75, 3.05) is 12.4 Å². The molecule has 0 saturated carbocycles. The number of fused-ring (bicyclic) bond motifs is 1. The predicted octanol–water partition coefficient (Wildman–Crippen LogP) is 5.31. The number of rotatable bonds is 6. The molecule has 2 aromatic heterocycles. The van der Waals surface area contributed by atoms with E-state index in [4.69, 9.17) is 9.15 Å². The fourth-order valence-corrected chi connectivity index (χ4v) is 4.72. The average Bonchev–Trinajstić information content (AvgIpc) is 3.17. The molecule has 0 atom stereocenters. The smallest absolute Gasteiger partial charge is 0.336 e. The van der Waals surface area contributed by atoms with Crippen LogP contribution in [0.4, 0.5) is 10.8 Å². The molecule has 0 fully saturated rings. The number of aryl methyl sites for hydroxylation is 2. The van der Waals surface area contributed by atoms with Gasteiger partial charge in [0.2, 0.25) is 5.13 Å². The molecule has 0 aliphatic rings. The highest BCUT2D eigenvalue weighted by Gasteiger charge is 2.12. The van der Waals surface area contributed by atoms with Gasteiger partial charge < -0.3 is 14.5 Å². The van der Waals surface area contributed by atoms with Gasteiger partial charge in [0.15, 0.2) is 4.34 Å². The van der Waals surface area contributed by atoms with Crippen molar-refractivity contribution in [3.05, 3.63) is 69.6 Å². The summed E-state index contributed by atoms with van der Waals surface area (Å²) < 4.78 is 11.6. The molecule has 4 rings (SSSR count). The van der Waals surface area contributed by atoms with Gasteiger partial charge in [0.05, 0.1) is 12.8 Å². The first-order chi connectivity index (χ1) is 14.0. The molecule has 0 spiro atoms. The van der Waals surface area contributed by atoms with Gasteiger partial charge in [-0.3, -0.25) is 0 Å². The Morgan fingerprint density at radius 1 is 1.17 bits per heavy atom. The van der Waals surface area contributed by atoms with Gasteiger partial charge in [0.1, 0.15) is 11.3 Å². The number of methoxy groups -OCH3 is 1. The summed E-state index contributed by atoms with van der Waals surface area (Å²) in [7, 11) is 1.63. The highest BCUT2D eigenvalue weighted by Crippen LogP contribution is 2.34. The summed E-state index contributed by atoms with van der Waals surface area (Å²) in [6, 6.07) is 13.3. The lowest BCUT2D eigenvalue weighted by Gasteiger charge is -2.08. The first-order valence-electron chi connectivity index (χ1n) is 8.94. The SMILES string of the molecule is COc1ccccc1Nc1nnc(SCc2cc(=O)oc3c(C)c(C)ccc23)s1. The Labute approximate surface area is 175 Å². The van der Waals surface area contributed by atoms with Crippen LogP contribution in [0.15, 0.2) is 56.0 Å². The summed E-state index contributed by atoms with van der Waals surface area (Å²) >= 11 is 3.00. The molecule has 4 aromatic rings. The van der Waals surface area contributed by atoms with Gasteiger partial charge in [-0.1, -0.05) is 47.4 Å². The zero-order chi connectivity index (χ0) is 20.4. The van der Waals surface area contributed by atoms with Crippen LogP contribution in [0.5, 0.6) is 5.75 Å². The number of para-hydroxylation sites is 2. The molecule has 0 radical (unpaired) electrons. The van der Waals surface area contributed by atoms with Crippen LogP contribution >= 0.6 is 23.1 Å². The normalized spacial score (nSPS) is 11.0. The number of nitrogens with one attached hydrogen (secondary N) is 1. The number of anilines is 2. The minimum absolute atomic E-state index is 0.336. The molecule has 0 aliphatic carbocycles. The minimum atomic E-state index is -0.336. The molecule has 2 heterocycles. The van der Waals surface area contributed by atoms with Crippen molar-refractivity contribution in [1.29, 1.82) is 0 Å². The van der Waals surface area contributed by atoms with Crippen LogP contribution in [-0.2, 0) is 5.75 Å². The van der Waals surface area contributed by atoms with Crippen LogP contribution in [0.3, 0.4) is 0 Å². The van der Waals surface area contributed by atoms with Crippen molar-refractivity contribution in [3.8, 4) is 5.75 Å². The molecule has 0 amide bonds. The summed E-state index contributed by atoms with van der Waals surface area (Å²) in [5.74, 6) is 1.35. The third-order valence-corrected chi connectivity index (χ3v) is 6.64. The van der Waals surface area contributed by atoms with Crippen molar-refractivity contribution in [2.45, 2.75) is 23.9 Å². The van der Waals surface area contributed by atoms with E-state index in [0.717, 1.165) is 37.9 Å². The van der Waals surface area contributed by atoms with Crippen LogP contribution in [0.1, 0.15) is 16.7 Å². The van der Waals surface area contributed by atoms with Crippen LogP contribution in [0.25, 0.3) is 11.0 Å². The Bertz CT molecular complexity index is 1230. The van der Waals surface area contributed by atoms with E-state index >= 15 is 0 Å². The van der Waals surface area contributed by atoms with Crippen molar-refractivity contribution in [2.24, 2.45) is 0 Å². The van der Waals surface area contributed by atoms with Gasteiger partial charge in [0, 0.05) is 17.2 Å². The van der Waals surface area contributed by atoms with E-state index in [1.54, 1.807) is 24.9 Å². The molecule has 1 N–H and O–H groups in total. The van der Waals surface area contributed by atoms with Gasteiger partial charge in [-0.2, -0.15) is 0 Å². The number of nitrogens with zero attached hydrogens (tertiary/aromatic N) is 2. The summed E-state index contributed by atoms with van der Waals surface area (Å²) in [6.45, 7) is 3.98. The van der Waals surface area contributed by atoms with Gasteiger partial charge in [0.25, 0.3) is 0 Å². The quantitative estimate of drug-likeness (QED) is 0.331. The number of hydrogen-bond acceptors (Lipinski definition) is 8. The second kappa shape index (κ2) is 8.26. The fourth-order valence-electron chi connectivity index (χ4n) is 2.97. The Balaban J connectivity index is 1.53. The first-order valence-corrected chi connectivity index (χ1v) is 10.7. The molecule has 29 heavy (non-hydrogen) atoms. The van der Waals surface area contributed by atoms with E-state index in [9.17, 15) is 4.79 Å². The molecule has 0 aliphatic heterocycles. The standard InChI is InChI=1S/C21H19N3O3S2/c1-12-8-9-15-14(10-18(25)27-19(15)13(12)2)11-28-21-24-23-20(29-21)22-16-6-4-5-7-17(16)26-3/h4-10H,11H2,1-3H3,(H,22,23). The number of hydrogen-bond donors (Lipinski definition) is 1. The van der Waals surface area contributed by atoms with Gasteiger partial charge in [-0.25, -0.2) is 4.79 Å². The van der Waals surface area contributed by atoms with E-state index in [0.29, 0.717) is 16.5 Å². The summed E-state index contributed by atoms with van der Waals surface area (Å²) in [5.41, 5.74) is 4.17. The number of thioether (sulfide) groups is 1. The first kappa shape index (κ1) is 19.5. The molecule has 148 valence electrons. The number of aromatic nitrogens is 2. The predicted molar refractivity (Wildman–Crippen MR) is 118 cm³/mol. The fraction of sp³-hybridized carbons (Fsp3) is 0.190. The third-order valence-electron chi connectivity index (χ3n) is 4.62. The minimum Gasteiger partial charge on any atom is -0.495 e. The maximum Gasteiger partial charge on any atom is 0.336 e. The highest BCUT2D eigenvalue weighted by molar-refractivity contribution is 8.00. The summed E-state index contributed by atoms with van der Waals surface area (Å²) in [4.78, 5) is 12.0. The van der Waals surface area contributed by atoms with E-state index in [1.807, 2.05) is 50.2 Å². The second-order valence-electron chi connectivity index (χ2n) is 6.46. The maximum atomic E-state index is 12.0. The summed E-state index contributed by atoms with van der Waals surface area (Å²) in [6.07, 6.45) is 0. The average molecular weight is 426 g/mol. The number of benzene rings is 2. The van der Waals surface area contributed by atoms with Crippen LogP contribution in [-0.4, -0.2) is 17.3 Å². The van der Waals surface area contributed by atoms with Crippen LogP contribution in [0.2, 0.25) is 0 Å². The van der Waals surface area contributed by atoms with Gasteiger partial charge in [-0.15, -0.1) is 10.2 Å². The molecular formula is C21H19N3O3S2. The topological polar surface area (TPSA) is 77.2 Å². The summed E-state index contributed by atoms with van der Waals surface area (Å²) in [5, 5.41) is 13.3. The van der Waals surface area contributed by atoms with E-state index in [1.165, 1.54) is 11.3 Å². The lowest BCUT2D eigenvalue weighted by atomic mass is 10.0. The molecular weight excluding hydrogens is 406 g/mol. The van der Waals surface area contributed by atoms with E-state index in [-0.39, 0.29) is 5.63 Å². The van der Waals surface area contributed by atoms with Gasteiger partial charge >= 0.3 is 5.63 Å².